The maximum atomic E-state index is 2.65. The molecule has 0 radical (unpaired) electrons. The molecule has 3 aromatic rings. The van der Waals surface area contributed by atoms with Crippen LogP contribution in [0.25, 0.3) is 0 Å². The SMILES string of the molecule is CC(C)C1=CC=C[C]1([Ti+3])[Si](c1cc(C(C)C)cc(C(C)C)c1)(c1cc(C(C)C)cc(C(C)C)c1)c1cc(C(C)C)cc(C(C)C)c1.[Cl-].[Cl-].[Cl-]. The second-order valence-electron chi connectivity index (χ2n) is 16.3. The van der Waals surface area contributed by atoms with Crippen LogP contribution in [0.5, 0.6) is 0 Å². The van der Waals surface area contributed by atoms with Crippen LogP contribution in [0, 0.1) is 5.92 Å². The van der Waals surface area contributed by atoms with E-state index < -0.39 is 8.07 Å². The molecule has 266 valence electrons. The standard InChI is InChI=1S/C44H61Si.3ClH.Ti/c1-27(2)34-18-35(28(3)4)22-40(21-34)45(44-17-15-16-43(44)33(13)14,41-23-36(29(5)6)19-37(24-41)30(7)8)42-25-38(31(9)10)20-39(26-42)32(11)12;;;;/h15-33H,1-14H3;3*1H;/q;;;;+3/p-3. The molecule has 0 saturated carbocycles. The van der Waals surface area contributed by atoms with Gasteiger partial charge in [0.15, 0.2) is 0 Å². The number of allylic oxidation sites excluding steroid dienone is 4. The molecule has 0 fully saturated rings. The van der Waals surface area contributed by atoms with Crippen LogP contribution in [-0.4, -0.2) is 8.07 Å². The van der Waals surface area contributed by atoms with Crippen molar-refractivity contribution in [2.24, 2.45) is 5.92 Å². The van der Waals surface area contributed by atoms with Crippen molar-refractivity contribution in [3.8, 4) is 0 Å². The molecular formula is C44H61Cl3SiTi. The Morgan fingerprint density at radius 2 is 0.653 bits per heavy atom. The molecule has 1 aliphatic rings. The zero-order valence-corrected chi connectivity index (χ0v) is 37.4. The van der Waals surface area contributed by atoms with Gasteiger partial charge in [-0.05, 0) is 0 Å². The zero-order chi connectivity index (χ0) is 34.3. The fourth-order valence-electron chi connectivity index (χ4n) is 7.38. The Morgan fingerprint density at radius 1 is 0.408 bits per heavy atom. The van der Waals surface area contributed by atoms with E-state index in [-0.39, 0.29) is 40.6 Å². The quantitative estimate of drug-likeness (QED) is 0.208. The van der Waals surface area contributed by atoms with Crippen molar-refractivity contribution in [2.45, 2.75) is 136 Å². The number of hydrogen-bond donors (Lipinski definition) is 0. The Morgan fingerprint density at radius 3 is 0.857 bits per heavy atom. The minimum Gasteiger partial charge on any atom is -1.00 e. The van der Waals surface area contributed by atoms with Gasteiger partial charge in [0, 0.05) is 0 Å². The van der Waals surface area contributed by atoms with Gasteiger partial charge >= 0.3 is 298 Å². The van der Waals surface area contributed by atoms with Gasteiger partial charge in [-0.25, -0.2) is 0 Å². The first-order chi connectivity index (χ1) is 21.4. The van der Waals surface area contributed by atoms with E-state index >= 15 is 0 Å². The molecule has 49 heavy (non-hydrogen) atoms. The molecule has 1 atom stereocenters. The molecule has 0 saturated heterocycles. The molecule has 4 rings (SSSR count). The van der Waals surface area contributed by atoms with Crippen LogP contribution in [0.4, 0.5) is 0 Å². The monoisotopic (exact) mass is 770 g/mol. The molecule has 0 spiro atoms. The van der Waals surface area contributed by atoms with Crippen molar-refractivity contribution in [3.63, 3.8) is 0 Å². The molecule has 1 aliphatic carbocycles. The van der Waals surface area contributed by atoms with Gasteiger partial charge in [-0.15, -0.1) is 0 Å². The average Bonchev–Trinajstić information content (AvgIpc) is 3.39. The number of halogens is 3. The maximum absolute atomic E-state index is 2.86. The number of hydrogen-bond acceptors (Lipinski definition) is 0. The van der Waals surface area contributed by atoms with Gasteiger partial charge in [0.2, 0.25) is 0 Å². The molecule has 0 amide bonds. The van der Waals surface area contributed by atoms with Gasteiger partial charge in [0.05, 0.1) is 0 Å². The van der Waals surface area contributed by atoms with Crippen LogP contribution in [-0.2, 0) is 20.4 Å². The molecule has 3 aromatic carbocycles. The molecule has 0 N–H and O–H groups in total. The van der Waals surface area contributed by atoms with E-state index in [1.54, 1.807) is 21.1 Å². The van der Waals surface area contributed by atoms with E-state index in [0.717, 1.165) is 0 Å². The minimum absolute atomic E-state index is 0. The Balaban J connectivity index is 0.00000400. The van der Waals surface area contributed by atoms with Crippen LogP contribution in [0.15, 0.2) is 78.4 Å². The van der Waals surface area contributed by atoms with E-state index in [2.05, 4.69) is 190 Å². The van der Waals surface area contributed by atoms with Crippen LogP contribution in [0.3, 0.4) is 0 Å². The Kier molecular flexibility index (Phi) is 17.0. The maximum Gasteiger partial charge on any atom is -1.00 e. The second kappa shape index (κ2) is 18.1. The first kappa shape index (κ1) is 46.0. The van der Waals surface area contributed by atoms with Crippen molar-refractivity contribution in [2.75, 3.05) is 0 Å². The third kappa shape index (κ3) is 8.95. The molecular weight excluding hydrogens is 711 g/mol. The third-order valence-electron chi connectivity index (χ3n) is 10.5. The van der Waals surface area contributed by atoms with Crippen LogP contribution < -0.4 is 52.8 Å². The fraction of sp³-hybridized carbons (Fsp3) is 0.500. The molecule has 5 heteroatoms. The third-order valence-corrected chi connectivity index (χ3v) is 18.1. The Labute approximate surface area is 332 Å². The zero-order valence-electron chi connectivity index (χ0n) is 32.6. The van der Waals surface area contributed by atoms with E-state index in [1.165, 1.54) is 33.4 Å². The van der Waals surface area contributed by atoms with Gasteiger partial charge < -0.3 is 37.2 Å². The smallest absolute Gasteiger partial charge is 1.00 e. The first-order valence-electron chi connectivity index (χ1n) is 18.0. The van der Waals surface area contributed by atoms with Crippen LogP contribution >= 0.6 is 0 Å². The summed E-state index contributed by atoms with van der Waals surface area (Å²) in [5, 5.41) is 4.69. The van der Waals surface area contributed by atoms with Crippen molar-refractivity contribution >= 4 is 23.6 Å². The van der Waals surface area contributed by atoms with Crippen molar-refractivity contribution in [3.05, 3.63) is 112 Å². The number of benzene rings is 3. The first-order valence-corrected chi connectivity index (χ1v) is 20.8. The molecule has 0 bridgehead atoms. The van der Waals surface area contributed by atoms with E-state index in [9.17, 15) is 0 Å². The molecule has 1 unspecified atom stereocenters. The fourth-order valence-corrected chi connectivity index (χ4v) is 16.0. The van der Waals surface area contributed by atoms with Crippen molar-refractivity contribution in [1.29, 1.82) is 0 Å². The van der Waals surface area contributed by atoms with E-state index in [1.807, 2.05) is 0 Å². The summed E-state index contributed by atoms with van der Waals surface area (Å²) >= 11 is 2.61. The molecule has 0 heterocycles. The summed E-state index contributed by atoms with van der Waals surface area (Å²) < 4.78 is -0.140. The Bertz CT molecular complexity index is 1380. The summed E-state index contributed by atoms with van der Waals surface area (Å²) in [6.07, 6.45) is 7.46. The summed E-state index contributed by atoms with van der Waals surface area (Å²) in [5.74, 6) is 3.18. The van der Waals surface area contributed by atoms with Gasteiger partial charge in [-0.3, -0.25) is 0 Å². The van der Waals surface area contributed by atoms with Gasteiger partial charge in [0.1, 0.15) is 0 Å². The topological polar surface area (TPSA) is 0 Å². The van der Waals surface area contributed by atoms with Gasteiger partial charge in [0.25, 0.3) is 0 Å². The van der Waals surface area contributed by atoms with Gasteiger partial charge in [-0.1, -0.05) is 0 Å². The largest absolute Gasteiger partial charge is 1.00 e. The van der Waals surface area contributed by atoms with E-state index in [4.69, 9.17) is 0 Å². The summed E-state index contributed by atoms with van der Waals surface area (Å²) in [6, 6.07) is 23.4. The predicted molar refractivity (Wildman–Crippen MR) is 203 cm³/mol. The number of rotatable bonds is 11. The van der Waals surface area contributed by atoms with Crippen molar-refractivity contribution in [1.82, 2.24) is 0 Å². The second-order valence-corrected chi connectivity index (χ2v) is 22.3. The molecule has 0 aliphatic heterocycles. The summed E-state index contributed by atoms with van der Waals surface area (Å²) in [7, 11) is -2.86. The van der Waals surface area contributed by atoms with Gasteiger partial charge in [-0.2, -0.15) is 0 Å². The summed E-state index contributed by atoms with van der Waals surface area (Å²) in [4.78, 5) is 0. The van der Waals surface area contributed by atoms with Crippen molar-refractivity contribution < 1.29 is 57.7 Å². The summed E-state index contributed by atoms with van der Waals surface area (Å²) in [6.45, 7) is 33.3. The average molecular weight is 772 g/mol. The van der Waals surface area contributed by atoms with E-state index in [0.29, 0.717) is 41.4 Å². The molecule has 0 aromatic heterocycles. The Hall–Kier alpha value is -1.06. The minimum atomic E-state index is -2.86. The normalized spacial score (nSPS) is 16.2. The van der Waals surface area contributed by atoms with Crippen LogP contribution in [0.1, 0.15) is 166 Å². The van der Waals surface area contributed by atoms with Crippen LogP contribution in [0.2, 0.25) is 3.34 Å². The predicted octanol–water partition coefficient (Wildman–Crippen LogP) is 2.31. The summed E-state index contributed by atoms with van der Waals surface area (Å²) in [5.41, 5.74) is 10.4. The molecule has 0 nitrogen and oxygen atoms in total.